The summed E-state index contributed by atoms with van der Waals surface area (Å²) < 4.78 is 5.72. The Hall–Kier alpha value is -0.340. The lowest BCUT2D eigenvalue weighted by atomic mass is 10.0. The summed E-state index contributed by atoms with van der Waals surface area (Å²) in [5.41, 5.74) is 0. The minimum absolute atomic E-state index is 0.888. The molecule has 1 heterocycles. The van der Waals surface area contributed by atoms with Crippen molar-refractivity contribution in [3.05, 3.63) is 22.4 Å². The van der Waals surface area contributed by atoms with Crippen molar-refractivity contribution in [1.82, 2.24) is 0 Å². The van der Waals surface area contributed by atoms with Crippen molar-refractivity contribution in [2.24, 2.45) is 0 Å². The fourth-order valence-electron chi connectivity index (χ4n) is 3.13. The first-order valence-corrected chi connectivity index (χ1v) is 11.4. The van der Waals surface area contributed by atoms with Crippen molar-refractivity contribution >= 4 is 11.3 Å². The minimum Gasteiger partial charge on any atom is -0.381 e. The highest BCUT2D eigenvalue weighted by molar-refractivity contribution is 7.09. The van der Waals surface area contributed by atoms with Gasteiger partial charge in [0.25, 0.3) is 0 Å². The molecule has 0 atom stereocenters. The highest BCUT2D eigenvalue weighted by atomic mass is 32.1. The van der Waals surface area contributed by atoms with Crippen LogP contribution >= 0.6 is 11.3 Å². The zero-order valence-electron chi connectivity index (χ0n) is 16.1. The van der Waals surface area contributed by atoms with Crippen LogP contribution in [0.15, 0.2) is 17.5 Å². The first kappa shape index (κ1) is 21.7. The van der Waals surface area contributed by atoms with Gasteiger partial charge in [0, 0.05) is 17.9 Å². The Morgan fingerprint density at radius 2 is 1.25 bits per heavy atom. The van der Waals surface area contributed by atoms with Crippen molar-refractivity contribution in [2.75, 3.05) is 13.2 Å². The first-order chi connectivity index (χ1) is 11.9. The molecule has 0 N–H and O–H groups in total. The molecule has 0 amide bonds. The summed E-state index contributed by atoms with van der Waals surface area (Å²) in [6.07, 6.45) is 20.9. The van der Waals surface area contributed by atoms with E-state index in [4.69, 9.17) is 4.74 Å². The molecular weight excluding hydrogens is 312 g/mol. The molecule has 0 bridgehead atoms. The zero-order valence-corrected chi connectivity index (χ0v) is 16.9. The Morgan fingerprint density at radius 3 is 1.75 bits per heavy atom. The molecule has 1 aromatic rings. The number of hydrogen-bond donors (Lipinski definition) is 0. The predicted molar refractivity (Wildman–Crippen MR) is 109 cm³/mol. The molecule has 0 saturated heterocycles. The zero-order chi connectivity index (χ0) is 17.1. The van der Waals surface area contributed by atoms with Crippen LogP contribution in [-0.2, 0) is 11.2 Å². The van der Waals surface area contributed by atoms with Crippen LogP contribution in [0, 0.1) is 0 Å². The summed E-state index contributed by atoms with van der Waals surface area (Å²) in [4.78, 5) is 1.44. The molecule has 0 radical (unpaired) electrons. The Morgan fingerprint density at radius 1 is 0.708 bits per heavy atom. The Labute approximate surface area is 155 Å². The summed E-state index contributed by atoms with van der Waals surface area (Å²) in [5.74, 6) is 0. The van der Waals surface area contributed by atoms with Crippen molar-refractivity contribution in [2.45, 2.75) is 103 Å². The van der Waals surface area contributed by atoms with Crippen LogP contribution in [0.2, 0.25) is 0 Å². The third kappa shape index (κ3) is 14.0. The van der Waals surface area contributed by atoms with Crippen LogP contribution in [0.25, 0.3) is 0 Å². The van der Waals surface area contributed by atoms with Gasteiger partial charge in [-0.1, -0.05) is 96.5 Å². The smallest absolute Gasteiger partial charge is 0.0514 e. The van der Waals surface area contributed by atoms with Gasteiger partial charge in [-0.25, -0.2) is 0 Å². The highest BCUT2D eigenvalue weighted by Crippen LogP contribution is 2.13. The van der Waals surface area contributed by atoms with Gasteiger partial charge < -0.3 is 4.74 Å². The maximum atomic E-state index is 5.72. The van der Waals surface area contributed by atoms with Crippen LogP contribution in [0.4, 0.5) is 0 Å². The monoisotopic (exact) mass is 352 g/mol. The molecule has 0 aliphatic rings. The maximum Gasteiger partial charge on any atom is 0.0514 e. The SMILES string of the molecule is CCCCCCCCCCCCCCCCOCCc1cccs1. The second kappa shape index (κ2) is 17.5. The van der Waals surface area contributed by atoms with Crippen molar-refractivity contribution in [1.29, 1.82) is 0 Å². The van der Waals surface area contributed by atoms with E-state index in [1.165, 1.54) is 94.8 Å². The third-order valence-corrected chi connectivity index (χ3v) is 5.65. The fourth-order valence-corrected chi connectivity index (χ4v) is 3.82. The van der Waals surface area contributed by atoms with Crippen molar-refractivity contribution in [3.8, 4) is 0 Å². The molecule has 0 aromatic carbocycles. The van der Waals surface area contributed by atoms with Crippen LogP contribution in [0.5, 0.6) is 0 Å². The van der Waals surface area contributed by atoms with Crippen LogP contribution in [-0.4, -0.2) is 13.2 Å². The predicted octanol–water partition coefficient (Wildman–Crippen LogP) is 7.79. The topological polar surface area (TPSA) is 9.23 Å². The van der Waals surface area contributed by atoms with Crippen molar-refractivity contribution < 1.29 is 4.74 Å². The lowest BCUT2D eigenvalue weighted by molar-refractivity contribution is 0.133. The molecule has 1 aromatic heterocycles. The van der Waals surface area contributed by atoms with E-state index in [-0.39, 0.29) is 0 Å². The quantitative estimate of drug-likeness (QED) is 0.245. The van der Waals surface area contributed by atoms with Gasteiger partial charge in [-0.15, -0.1) is 11.3 Å². The molecular formula is C22H40OS. The largest absolute Gasteiger partial charge is 0.381 e. The number of rotatable bonds is 18. The molecule has 0 aliphatic heterocycles. The fraction of sp³-hybridized carbons (Fsp3) is 0.818. The van der Waals surface area contributed by atoms with E-state index in [0.29, 0.717) is 0 Å². The summed E-state index contributed by atoms with van der Waals surface area (Å²) in [5, 5.41) is 2.14. The molecule has 0 fully saturated rings. The number of ether oxygens (including phenoxy) is 1. The van der Waals surface area contributed by atoms with Gasteiger partial charge in [-0.2, -0.15) is 0 Å². The normalized spacial score (nSPS) is 11.2. The van der Waals surface area contributed by atoms with E-state index in [9.17, 15) is 0 Å². The lowest BCUT2D eigenvalue weighted by Crippen LogP contribution is -1.99. The molecule has 1 nitrogen and oxygen atoms in total. The van der Waals surface area contributed by atoms with Gasteiger partial charge >= 0.3 is 0 Å². The van der Waals surface area contributed by atoms with E-state index in [1.54, 1.807) is 0 Å². The lowest BCUT2D eigenvalue weighted by Gasteiger charge is -2.04. The summed E-state index contributed by atoms with van der Waals surface area (Å²) in [6, 6.07) is 4.31. The minimum atomic E-state index is 0.888. The van der Waals surface area contributed by atoms with E-state index in [0.717, 1.165) is 19.6 Å². The Kier molecular flexibility index (Phi) is 15.8. The molecule has 2 heteroatoms. The van der Waals surface area contributed by atoms with Gasteiger partial charge in [0.15, 0.2) is 0 Å². The Balaban J connectivity index is 1.66. The number of hydrogen-bond acceptors (Lipinski definition) is 2. The van der Waals surface area contributed by atoms with Gasteiger partial charge in [0.05, 0.1) is 6.61 Å². The maximum absolute atomic E-state index is 5.72. The van der Waals surface area contributed by atoms with E-state index < -0.39 is 0 Å². The number of unbranched alkanes of at least 4 members (excludes halogenated alkanes) is 13. The van der Waals surface area contributed by atoms with Crippen molar-refractivity contribution in [3.63, 3.8) is 0 Å². The molecule has 140 valence electrons. The molecule has 0 unspecified atom stereocenters. The van der Waals surface area contributed by atoms with E-state index >= 15 is 0 Å². The van der Waals surface area contributed by atoms with Gasteiger partial charge in [-0.3, -0.25) is 0 Å². The molecule has 24 heavy (non-hydrogen) atoms. The first-order valence-electron chi connectivity index (χ1n) is 10.5. The standard InChI is InChI=1S/C22H40OS/c1-2-3-4-5-6-7-8-9-10-11-12-13-14-15-19-23-20-18-22-17-16-21-24-22/h16-17,21H,2-15,18-20H2,1H3. The van der Waals surface area contributed by atoms with E-state index in [2.05, 4.69) is 24.4 Å². The summed E-state index contributed by atoms with van der Waals surface area (Å²) >= 11 is 1.83. The molecule has 0 aliphatic carbocycles. The Bertz CT molecular complexity index is 334. The van der Waals surface area contributed by atoms with E-state index in [1.807, 2.05) is 11.3 Å². The molecule has 0 spiro atoms. The summed E-state index contributed by atoms with van der Waals surface area (Å²) in [6.45, 7) is 4.13. The van der Waals surface area contributed by atoms with Crippen LogP contribution in [0.1, 0.15) is 102 Å². The third-order valence-electron chi connectivity index (χ3n) is 4.72. The van der Waals surface area contributed by atoms with Gasteiger partial charge in [0.1, 0.15) is 0 Å². The molecule has 1 rings (SSSR count). The van der Waals surface area contributed by atoms with Gasteiger partial charge in [-0.05, 0) is 17.9 Å². The highest BCUT2D eigenvalue weighted by Gasteiger charge is 1.96. The second-order valence-electron chi connectivity index (χ2n) is 7.04. The van der Waals surface area contributed by atoms with Crippen LogP contribution < -0.4 is 0 Å². The van der Waals surface area contributed by atoms with Crippen LogP contribution in [0.3, 0.4) is 0 Å². The average molecular weight is 353 g/mol. The average Bonchev–Trinajstić information content (AvgIpc) is 3.11. The van der Waals surface area contributed by atoms with Gasteiger partial charge in [0.2, 0.25) is 0 Å². The second-order valence-corrected chi connectivity index (χ2v) is 8.07. The summed E-state index contributed by atoms with van der Waals surface area (Å²) in [7, 11) is 0. The number of thiophene rings is 1. The molecule has 0 saturated carbocycles.